The number of H-pyrrole nitrogens is 1. The highest BCUT2D eigenvalue weighted by Crippen LogP contribution is 2.22. The van der Waals surface area contributed by atoms with Crippen molar-refractivity contribution in [2.75, 3.05) is 25.0 Å². The first-order chi connectivity index (χ1) is 13.5. The van der Waals surface area contributed by atoms with Crippen molar-refractivity contribution in [2.45, 2.75) is 19.3 Å². The fourth-order valence-corrected chi connectivity index (χ4v) is 3.73. The number of hydrogen-bond acceptors (Lipinski definition) is 4. The maximum atomic E-state index is 13.0. The van der Waals surface area contributed by atoms with E-state index in [2.05, 4.69) is 15.2 Å². The lowest BCUT2D eigenvalue weighted by atomic mass is 9.90. The molecule has 1 fully saturated rings. The van der Waals surface area contributed by atoms with Crippen molar-refractivity contribution in [3.05, 3.63) is 64.4 Å². The van der Waals surface area contributed by atoms with Gasteiger partial charge < -0.3 is 9.73 Å². The Balaban J connectivity index is 0.00000240. The molecule has 1 aliphatic rings. The van der Waals surface area contributed by atoms with Gasteiger partial charge in [0.25, 0.3) is 0 Å². The van der Waals surface area contributed by atoms with Crippen LogP contribution in [-0.4, -0.2) is 35.4 Å². The average molecular weight is 420 g/mol. The molecule has 0 radical (unpaired) electrons. The summed E-state index contributed by atoms with van der Waals surface area (Å²) in [6.07, 6.45) is 2.98. The molecule has 1 aromatic heterocycles. The van der Waals surface area contributed by atoms with Gasteiger partial charge in [0.15, 0.2) is 5.58 Å². The third kappa shape index (κ3) is 5.46. The number of carbonyl (C=O) groups excluding carboxylic acids is 1. The molecule has 8 heteroatoms. The molecule has 0 saturated carbocycles. The van der Waals surface area contributed by atoms with Crippen LogP contribution in [0.15, 0.2) is 51.7 Å². The van der Waals surface area contributed by atoms with Gasteiger partial charge in [-0.2, -0.15) is 0 Å². The molecule has 0 bridgehead atoms. The fraction of sp³-hybridized carbons (Fsp3) is 0.333. The number of hydrogen-bond donors (Lipinski definition) is 2. The van der Waals surface area contributed by atoms with Crippen LogP contribution in [0, 0.1) is 11.7 Å². The third-order valence-electron chi connectivity index (χ3n) is 5.22. The SMILES string of the molecule is Cl.O=C(CN1CCC(Cc2ccc(F)cc2)CC1)Nc1ccc2[nH]c(=O)oc2c1. The van der Waals surface area contributed by atoms with Gasteiger partial charge in [-0.3, -0.25) is 14.7 Å². The molecule has 2 N–H and O–H groups in total. The van der Waals surface area contributed by atoms with Crippen LogP contribution >= 0.6 is 12.4 Å². The van der Waals surface area contributed by atoms with Gasteiger partial charge in [-0.25, -0.2) is 9.18 Å². The Morgan fingerprint density at radius 3 is 2.62 bits per heavy atom. The number of anilines is 1. The van der Waals surface area contributed by atoms with Crippen molar-refractivity contribution in [2.24, 2.45) is 5.92 Å². The summed E-state index contributed by atoms with van der Waals surface area (Å²) in [6, 6.07) is 11.8. The van der Waals surface area contributed by atoms with Gasteiger partial charge in [0.1, 0.15) is 5.82 Å². The van der Waals surface area contributed by atoms with E-state index in [-0.39, 0.29) is 24.1 Å². The number of oxazole rings is 1. The fourth-order valence-electron chi connectivity index (χ4n) is 3.73. The van der Waals surface area contributed by atoms with E-state index in [4.69, 9.17) is 4.42 Å². The lowest BCUT2D eigenvalue weighted by molar-refractivity contribution is -0.117. The summed E-state index contributed by atoms with van der Waals surface area (Å²) >= 11 is 0. The van der Waals surface area contributed by atoms with Crippen molar-refractivity contribution in [3.63, 3.8) is 0 Å². The third-order valence-corrected chi connectivity index (χ3v) is 5.22. The van der Waals surface area contributed by atoms with E-state index in [0.29, 0.717) is 29.2 Å². The number of nitrogens with zero attached hydrogens (tertiary/aromatic N) is 1. The van der Waals surface area contributed by atoms with Crippen molar-refractivity contribution in [1.29, 1.82) is 0 Å². The van der Waals surface area contributed by atoms with Gasteiger partial charge >= 0.3 is 5.76 Å². The normalized spacial score (nSPS) is 15.2. The summed E-state index contributed by atoms with van der Waals surface area (Å²) in [5.41, 5.74) is 2.78. The first-order valence-electron chi connectivity index (χ1n) is 9.45. The van der Waals surface area contributed by atoms with Crippen LogP contribution in [0.1, 0.15) is 18.4 Å². The molecule has 2 aromatic carbocycles. The smallest absolute Gasteiger partial charge is 0.408 e. The molecular formula is C21H23ClFN3O3. The largest absolute Gasteiger partial charge is 0.417 e. The molecule has 0 atom stereocenters. The number of aromatic nitrogens is 1. The van der Waals surface area contributed by atoms with Crippen molar-refractivity contribution < 1.29 is 13.6 Å². The average Bonchev–Trinajstić information content (AvgIpc) is 3.04. The lowest BCUT2D eigenvalue weighted by Gasteiger charge is -2.31. The van der Waals surface area contributed by atoms with Crippen molar-refractivity contribution in [1.82, 2.24) is 9.88 Å². The van der Waals surface area contributed by atoms with E-state index in [9.17, 15) is 14.0 Å². The highest BCUT2D eigenvalue weighted by molar-refractivity contribution is 5.94. The molecule has 1 saturated heterocycles. The minimum Gasteiger partial charge on any atom is -0.408 e. The van der Waals surface area contributed by atoms with Gasteiger partial charge in [0.2, 0.25) is 5.91 Å². The number of rotatable bonds is 5. The number of benzene rings is 2. The second-order valence-corrected chi connectivity index (χ2v) is 7.32. The van der Waals surface area contributed by atoms with Crippen LogP contribution in [0.2, 0.25) is 0 Å². The predicted octanol–water partition coefficient (Wildman–Crippen LogP) is 3.58. The Hall–Kier alpha value is -2.64. The Kier molecular flexibility index (Phi) is 6.71. The minimum absolute atomic E-state index is 0. The second kappa shape index (κ2) is 9.24. The number of aromatic amines is 1. The summed E-state index contributed by atoms with van der Waals surface area (Å²) in [5, 5.41) is 2.85. The minimum atomic E-state index is -0.512. The molecule has 29 heavy (non-hydrogen) atoms. The summed E-state index contributed by atoms with van der Waals surface area (Å²) in [4.78, 5) is 28.3. The molecule has 154 valence electrons. The first-order valence-corrected chi connectivity index (χ1v) is 9.45. The zero-order valence-corrected chi connectivity index (χ0v) is 16.6. The number of likely N-dealkylation sites (tertiary alicyclic amines) is 1. The molecular weight excluding hydrogens is 397 g/mol. The van der Waals surface area contributed by atoms with E-state index in [1.165, 1.54) is 12.1 Å². The van der Waals surface area contributed by atoms with Crippen LogP contribution in [0.3, 0.4) is 0 Å². The number of carbonyl (C=O) groups is 1. The summed E-state index contributed by atoms with van der Waals surface area (Å²) in [7, 11) is 0. The number of fused-ring (bicyclic) bond motifs is 1. The number of amides is 1. The van der Waals surface area contributed by atoms with Crippen LogP contribution < -0.4 is 11.1 Å². The number of piperidine rings is 1. The zero-order chi connectivity index (χ0) is 19.5. The lowest BCUT2D eigenvalue weighted by Crippen LogP contribution is -2.39. The van der Waals surface area contributed by atoms with E-state index in [0.717, 1.165) is 37.9 Å². The predicted molar refractivity (Wildman–Crippen MR) is 112 cm³/mol. The van der Waals surface area contributed by atoms with E-state index in [1.54, 1.807) is 18.2 Å². The molecule has 1 aliphatic heterocycles. The van der Waals surface area contributed by atoms with E-state index < -0.39 is 5.76 Å². The standard InChI is InChI=1S/C21H22FN3O3.ClH/c22-16-3-1-14(2-4-16)11-15-7-9-25(10-8-15)13-20(26)23-17-5-6-18-19(12-17)28-21(27)24-18;/h1-6,12,15H,7-11,13H2,(H,23,26)(H,24,27);1H. The van der Waals surface area contributed by atoms with Crippen molar-refractivity contribution in [3.8, 4) is 0 Å². The molecule has 3 aromatic rings. The van der Waals surface area contributed by atoms with Gasteiger partial charge in [0, 0.05) is 11.8 Å². The van der Waals surface area contributed by atoms with Crippen LogP contribution in [0.4, 0.5) is 10.1 Å². The Morgan fingerprint density at radius 1 is 1.17 bits per heavy atom. The Bertz CT molecular complexity index is 1020. The van der Waals surface area contributed by atoms with E-state index >= 15 is 0 Å². The molecule has 4 rings (SSSR count). The molecule has 1 amide bonds. The molecule has 0 aliphatic carbocycles. The molecule has 0 unspecified atom stereocenters. The molecule has 2 heterocycles. The van der Waals surface area contributed by atoms with Crippen LogP contribution in [0.5, 0.6) is 0 Å². The van der Waals surface area contributed by atoms with Gasteiger partial charge in [0.05, 0.1) is 12.1 Å². The van der Waals surface area contributed by atoms with Crippen molar-refractivity contribution >= 4 is 35.1 Å². The first kappa shape index (κ1) is 21.1. The topological polar surface area (TPSA) is 78.3 Å². The summed E-state index contributed by atoms with van der Waals surface area (Å²) in [6.45, 7) is 2.06. The van der Waals surface area contributed by atoms with Gasteiger partial charge in [-0.1, -0.05) is 12.1 Å². The maximum Gasteiger partial charge on any atom is 0.417 e. The highest BCUT2D eigenvalue weighted by Gasteiger charge is 2.21. The molecule has 0 spiro atoms. The number of nitrogens with one attached hydrogen (secondary N) is 2. The van der Waals surface area contributed by atoms with Crippen LogP contribution in [-0.2, 0) is 11.2 Å². The maximum absolute atomic E-state index is 13.0. The van der Waals surface area contributed by atoms with Gasteiger partial charge in [-0.15, -0.1) is 12.4 Å². The Labute approximate surface area is 173 Å². The Morgan fingerprint density at radius 2 is 1.90 bits per heavy atom. The molecule has 6 nitrogen and oxygen atoms in total. The summed E-state index contributed by atoms with van der Waals surface area (Å²) in [5.74, 6) is -0.248. The summed E-state index contributed by atoms with van der Waals surface area (Å²) < 4.78 is 18.0. The second-order valence-electron chi connectivity index (χ2n) is 7.32. The monoisotopic (exact) mass is 419 g/mol. The highest BCUT2D eigenvalue weighted by atomic mass is 35.5. The zero-order valence-electron chi connectivity index (χ0n) is 15.8. The van der Waals surface area contributed by atoms with Crippen LogP contribution in [0.25, 0.3) is 11.1 Å². The quantitative estimate of drug-likeness (QED) is 0.662. The number of halogens is 2. The van der Waals surface area contributed by atoms with Gasteiger partial charge in [-0.05, 0) is 68.1 Å². The van der Waals surface area contributed by atoms with E-state index in [1.807, 2.05) is 12.1 Å².